The lowest BCUT2D eigenvalue weighted by atomic mass is 10.00. The standard InChI is InChI=1S/C21H21NO3/c1-14(2)25-21-17(9-6-10-19(21)24-4)12-18(13-22)20(23)16-8-5-7-15(3)11-16/h5-12,14H,1-4H3/b18-12+. The summed E-state index contributed by atoms with van der Waals surface area (Å²) in [4.78, 5) is 12.7. The Hall–Kier alpha value is -3.06. The fourth-order valence-electron chi connectivity index (χ4n) is 2.41. The van der Waals surface area contributed by atoms with Crippen molar-refractivity contribution in [2.75, 3.05) is 7.11 Å². The molecule has 0 aliphatic carbocycles. The van der Waals surface area contributed by atoms with Gasteiger partial charge in [-0.05, 0) is 39.0 Å². The maximum Gasteiger partial charge on any atom is 0.203 e. The van der Waals surface area contributed by atoms with Crippen molar-refractivity contribution < 1.29 is 14.3 Å². The molecule has 0 aliphatic heterocycles. The highest BCUT2D eigenvalue weighted by Crippen LogP contribution is 2.33. The molecule has 0 bridgehead atoms. The third kappa shape index (κ3) is 4.48. The van der Waals surface area contributed by atoms with Crippen LogP contribution in [0.25, 0.3) is 6.08 Å². The number of para-hydroxylation sites is 1. The summed E-state index contributed by atoms with van der Waals surface area (Å²) in [5.41, 5.74) is 2.13. The van der Waals surface area contributed by atoms with Crippen LogP contribution in [0, 0.1) is 18.3 Å². The molecule has 0 amide bonds. The third-order valence-electron chi connectivity index (χ3n) is 3.53. The lowest BCUT2D eigenvalue weighted by Crippen LogP contribution is -2.08. The largest absolute Gasteiger partial charge is 0.493 e. The van der Waals surface area contributed by atoms with Crippen LogP contribution in [-0.2, 0) is 0 Å². The number of nitriles is 1. The van der Waals surface area contributed by atoms with Crippen LogP contribution in [0.4, 0.5) is 0 Å². The number of methoxy groups -OCH3 is 1. The molecule has 4 heteroatoms. The quantitative estimate of drug-likeness (QED) is 0.440. The van der Waals surface area contributed by atoms with E-state index in [0.717, 1.165) is 5.56 Å². The summed E-state index contributed by atoms with van der Waals surface area (Å²) in [6.07, 6.45) is 1.48. The van der Waals surface area contributed by atoms with E-state index in [4.69, 9.17) is 9.47 Å². The van der Waals surface area contributed by atoms with Gasteiger partial charge >= 0.3 is 0 Å². The monoisotopic (exact) mass is 335 g/mol. The molecule has 128 valence electrons. The minimum Gasteiger partial charge on any atom is -0.493 e. The SMILES string of the molecule is COc1cccc(/C=C(\C#N)C(=O)c2cccc(C)c2)c1OC(C)C. The Kier molecular flexibility index (Phi) is 5.97. The first-order valence-corrected chi connectivity index (χ1v) is 8.03. The highest BCUT2D eigenvalue weighted by Gasteiger charge is 2.16. The third-order valence-corrected chi connectivity index (χ3v) is 3.53. The predicted molar refractivity (Wildman–Crippen MR) is 97.9 cm³/mol. The van der Waals surface area contributed by atoms with Gasteiger partial charge in [-0.25, -0.2) is 0 Å². The van der Waals surface area contributed by atoms with Crippen molar-refractivity contribution >= 4 is 11.9 Å². The molecule has 0 aliphatic rings. The number of Topliss-reactive ketones (excluding diaryl/α,β-unsaturated/α-hetero) is 1. The Morgan fingerprint density at radius 1 is 1.20 bits per heavy atom. The molecule has 0 spiro atoms. The zero-order valence-corrected chi connectivity index (χ0v) is 14.9. The molecule has 0 saturated heterocycles. The maximum atomic E-state index is 12.7. The number of hydrogen-bond acceptors (Lipinski definition) is 4. The minimum absolute atomic E-state index is 0.0486. The number of aryl methyl sites for hydroxylation is 1. The van der Waals surface area contributed by atoms with Crippen molar-refractivity contribution in [3.63, 3.8) is 0 Å². The van der Waals surface area contributed by atoms with E-state index in [1.165, 1.54) is 0 Å². The highest BCUT2D eigenvalue weighted by atomic mass is 16.5. The van der Waals surface area contributed by atoms with Gasteiger partial charge in [0.05, 0.1) is 13.2 Å². The van der Waals surface area contributed by atoms with E-state index in [-0.39, 0.29) is 17.5 Å². The van der Waals surface area contributed by atoms with Crippen LogP contribution >= 0.6 is 0 Å². The average molecular weight is 335 g/mol. The number of carbonyl (C=O) groups excluding carboxylic acids is 1. The Labute approximate surface area is 148 Å². The zero-order chi connectivity index (χ0) is 18.4. The Balaban J connectivity index is 2.49. The van der Waals surface area contributed by atoms with Gasteiger partial charge in [-0.2, -0.15) is 5.26 Å². The number of ketones is 1. The fourth-order valence-corrected chi connectivity index (χ4v) is 2.41. The van der Waals surface area contributed by atoms with Crippen molar-refractivity contribution in [2.45, 2.75) is 26.9 Å². The molecule has 0 unspecified atom stereocenters. The van der Waals surface area contributed by atoms with Gasteiger partial charge in [-0.1, -0.05) is 35.9 Å². The Morgan fingerprint density at radius 2 is 1.92 bits per heavy atom. The molecule has 2 rings (SSSR count). The summed E-state index contributed by atoms with van der Waals surface area (Å²) >= 11 is 0. The normalized spacial score (nSPS) is 11.1. The van der Waals surface area contributed by atoms with Gasteiger partial charge in [0.15, 0.2) is 11.5 Å². The van der Waals surface area contributed by atoms with Crippen molar-refractivity contribution in [1.82, 2.24) is 0 Å². The first-order chi connectivity index (χ1) is 12.0. The summed E-state index contributed by atoms with van der Waals surface area (Å²) in [6.45, 7) is 5.72. The van der Waals surface area contributed by atoms with E-state index in [1.54, 1.807) is 49.6 Å². The van der Waals surface area contributed by atoms with E-state index in [0.29, 0.717) is 22.6 Å². The lowest BCUT2D eigenvalue weighted by molar-refractivity contribution is 0.104. The van der Waals surface area contributed by atoms with Gasteiger partial charge < -0.3 is 9.47 Å². The molecule has 0 saturated carbocycles. The summed E-state index contributed by atoms with van der Waals surface area (Å²) < 4.78 is 11.2. The summed E-state index contributed by atoms with van der Waals surface area (Å²) in [7, 11) is 1.55. The molecule has 0 N–H and O–H groups in total. The smallest absolute Gasteiger partial charge is 0.203 e. The van der Waals surface area contributed by atoms with Crippen LogP contribution in [0.5, 0.6) is 11.5 Å². The first-order valence-electron chi connectivity index (χ1n) is 8.03. The molecule has 0 radical (unpaired) electrons. The van der Waals surface area contributed by atoms with Crippen molar-refractivity contribution in [3.8, 4) is 17.6 Å². The van der Waals surface area contributed by atoms with Crippen LogP contribution in [0.3, 0.4) is 0 Å². The molecule has 0 atom stereocenters. The van der Waals surface area contributed by atoms with Gasteiger partial charge in [0.1, 0.15) is 11.6 Å². The van der Waals surface area contributed by atoms with Crippen molar-refractivity contribution in [3.05, 3.63) is 64.7 Å². The second-order valence-corrected chi connectivity index (χ2v) is 5.91. The molecular weight excluding hydrogens is 314 g/mol. The topological polar surface area (TPSA) is 59.3 Å². The first kappa shape index (κ1) is 18.3. The number of rotatable bonds is 6. The molecule has 4 nitrogen and oxygen atoms in total. The van der Waals surface area contributed by atoms with Gasteiger partial charge in [0, 0.05) is 11.1 Å². The van der Waals surface area contributed by atoms with E-state index in [1.807, 2.05) is 32.9 Å². The number of carbonyl (C=O) groups is 1. The van der Waals surface area contributed by atoms with E-state index < -0.39 is 0 Å². The number of hydrogen-bond donors (Lipinski definition) is 0. The summed E-state index contributed by atoms with van der Waals surface area (Å²) in [5.74, 6) is 0.761. The van der Waals surface area contributed by atoms with E-state index in [2.05, 4.69) is 0 Å². The van der Waals surface area contributed by atoms with Gasteiger partial charge in [-0.15, -0.1) is 0 Å². The number of allylic oxidation sites excluding steroid dienone is 1. The van der Waals surface area contributed by atoms with Crippen LogP contribution in [0.1, 0.15) is 35.3 Å². The molecule has 0 aromatic heterocycles. The van der Waals surface area contributed by atoms with Gasteiger partial charge in [0.2, 0.25) is 5.78 Å². The number of ether oxygens (including phenoxy) is 2. The van der Waals surface area contributed by atoms with Crippen LogP contribution in [0.15, 0.2) is 48.0 Å². The van der Waals surface area contributed by atoms with Crippen LogP contribution in [-0.4, -0.2) is 19.0 Å². The summed E-state index contributed by atoms with van der Waals surface area (Å²) in [5, 5.41) is 9.48. The number of benzene rings is 2. The van der Waals surface area contributed by atoms with Crippen molar-refractivity contribution in [1.29, 1.82) is 5.26 Å². The zero-order valence-electron chi connectivity index (χ0n) is 14.9. The summed E-state index contributed by atoms with van der Waals surface area (Å²) in [6, 6.07) is 14.6. The molecule has 2 aromatic carbocycles. The van der Waals surface area contributed by atoms with Crippen molar-refractivity contribution in [2.24, 2.45) is 0 Å². The predicted octanol–water partition coefficient (Wildman–Crippen LogP) is 4.58. The lowest BCUT2D eigenvalue weighted by Gasteiger charge is -2.16. The molecule has 0 heterocycles. The average Bonchev–Trinajstić information content (AvgIpc) is 2.59. The number of nitrogens with zero attached hydrogens (tertiary/aromatic N) is 1. The van der Waals surface area contributed by atoms with E-state index in [9.17, 15) is 10.1 Å². The molecule has 2 aromatic rings. The van der Waals surface area contributed by atoms with Gasteiger partial charge in [-0.3, -0.25) is 4.79 Å². The highest BCUT2D eigenvalue weighted by molar-refractivity contribution is 6.14. The second-order valence-electron chi connectivity index (χ2n) is 5.91. The second kappa shape index (κ2) is 8.16. The van der Waals surface area contributed by atoms with E-state index >= 15 is 0 Å². The Bertz CT molecular complexity index is 844. The Morgan fingerprint density at radius 3 is 2.52 bits per heavy atom. The minimum atomic E-state index is -0.315. The van der Waals surface area contributed by atoms with Crippen LogP contribution in [0.2, 0.25) is 0 Å². The van der Waals surface area contributed by atoms with Crippen LogP contribution < -0.4 is 9.47 Å². The van der Waals surface area contributed by atoms with Gasteiger partial charge in [0.25, 0.3) is 0 Å². The molecule has 25 heavy (non-hydrogen) atoms. The molecule has 0 fully saturated rings. The fraction of sp³-hybridized carbons (Fsp3) is 0.238. The molecular formula is C21H21NO3. The maximum absolute atomic E-state index is 12.7.